The Morgan fingerprint density at radius 2 is 1.90 bits per heavy atom. The third-order valence-corrected chi connectivity index (χ3v) is 5.05. The van der Waals surface area contributed by atoms with Gasteiger partial charge in [-0.25, -0.2) is 4.39 Å². The van der Waals surface area contributed by atoms with Crippen molar-refractivity contribution in [2.75, 3.05) is 14.1 Å². The normalized spacial score (nSPS) is 28.6. The van der Waals surface area contributed by atoms with Gasteiger partial charge in [0.1, 0.15) is 5.82 Å². The van der Waals surface area contributed by atoms with E-state index in [9.17, 15) is 9.50 Å². The van der Waals surface area contributed by atoms with Gasteiger partial charge in [0, 0.05) is 0 Å². The van der Waals surface area contributed by atoms with Crippen LogP contribution in [0.1, 0.15) is 49.8 Å². The van der Waals surface area contributed by atoms with Gasteiger partial charge in [-0.3, -0.25) is 0 Å². The zero-order valence-electron chi connectivity index (χ0n) is 13.0. The Balaban J connectivity index is 2.31. The maximum atomic E-state index is 13.8. The van der Waals surface area contributed by atoms with Gasteiger partial charge in [-0.15, -0.1) is 0 Å². The van der Waals surface area contributed by atoms with Crippen molar-refractivity contribution in [2.45, 2.75) is 51.2 Å². The van der Waals surface area contributed by atoms with Crippen molar-refractivity contribution >= 4 is 0 Å². The van der Waals surface area contributed by atoms with Crippen molar-refractivity contribution in [1.29, 1.82) is 0 Å². The third kappa shape index (κ3) is 2.75. The van der Waals surface area contributed by atoms with E-state index in [1.165, 1.54) is 6.07 Å². The van der Waals surface area contributed by atoms with Crippen molar-refractivity contribution in [1.82, 2.24) is 4.90 Å². The lowest BCUT2D eigenvalue weighted by Gasteiger charge is -2.47. The number of aliphatic hydroxyl groups is 1. The summed E-state index contributed by atoms with van der Waals surface area (Å²) >= 11 is 0. The minimum atomic E-state index is -0.639. The molecule has 0 aromatic heterocycles. The number of rotatable bonds is 3. The molecule has 1 aromatic carbocycles. The summed E-state index contributed by atoms with van der Waals surface area (Å²) in [6.07, 6.45) is 3.50. The Morgan fingerprint density at radius 3 is 2.40 bits per heavy atom. The zero-order valence-corrected chi connectivity index (χ0v) is 13.0. The highest BCUT2D eigenvalue weighted by Crippen LogP contribution is 2.43. The summed E-state index contributed by atoms with van der Waals surface area (Å²) in [4.78, 5) is 2.13. The molecule has 2 rings (SSSR count). The topological polar surface area (TPSA) is 23.5 Å². The van der Waals surface area contributed by atoms with E-state index in [1.807, 2.05) is 20.2 Å². The van der Waals surface area contributed by atoms with Crippen molar-refractivity contribution in [3.05, 3.63) is 35.1 Å². The molecule has 0 radical (unpaired) electrons. The Labute approximate surface area is 121 Å². The van der Waals surface area contributed by atoms with Crippen LogP contribution in [0.2, 0.25) is 0 Å². The number of halogens is 1. The SMILES string of the molecule is Cc1ccc(C(O)C2(N(C)C)CCC(C)CC2)cc1F. The lowest BCUT2D eigenvalue weighted by molar-refractivity contribution is -0.0409. The van der Waals surface area contributed by atoms with Gasteiger partial charge in [-0.1, -0.05) is 19.1 Å². The molecule has 0 bridgehead atoms. The number of likely N-dealkylation sites (N-methyl/N-ethyl adjacent to an activating group) is 1. The predicted molar refractivity (Wildman–Crippen MR) is 80.1 cm³/mol. The molecule has 1 unspecified atom stereocenters. The maximum absolute atomic E-state index is 13.8. The van der Waals surface area contributed by atoms with Crippen LogP contribution in [0.15, 0.2) is 18.2 Å². The lowest BCUT2D eigenvalue weighted by atomic mass is 9.71. The Bertz CT molecular complexity index is 464. The minimum Gasteiger partial charge on any atom is -0.386 e. The molecule has 1 fully saturated rings. The van der Waals surface area contributed by atoms with E-state index in [1.54, 1.807) is 13.0 Å². The first-order chi connectivity index (χ1) is 9.36. The van der Waals surface area contributed by atoms with Gasteiger partial charge in [0.15, 0.2) is 0 Å². The van der Waals surface area contributed by atoms with E-state index in [2.05, 4.69) is 11.8 Å². The average Bonchev–Trinajstić information content (AvgIpc) is 2.42. The van der Waals surface area contributed by atoms with E-state index in [4.69, 9.17) is 0 Å². The Kier molecular flexibility index (Phi) is 4.50. The fraction of sp³-hybridized carbons (Fsp3) is 0.647. The minimum absolute atomic E-state index is 0.236. The molecule has 3 heteroatoms. The first-order valence-electron chi connectivity index (χ1n) is 7.48. The molecule has 1 aromatic rings. The van der Waals surface area contributed by atoms with Gasteiger partial charge >= 0.3 is 0 Å². The smallest absolute Gasteiger partial charge is 0.126 e. The van der Waals surface area contributed by atoms with Gasteiger partial charge in [-0.2, -0.15) is 0 Å². The van der Waals surface area contributed by atoms with Crippen LogP contribution in [0.25, 0.3) is 0 Å². The van der Waals surface area contributed by atoms with Gasteiger partial charge in [0.05, 0.1) is 11.6 Å². The summed E-state index contributed by atoms with van der Waals surface area (Å²) in [5.41, 5.74) is 1.04. The third-order valence-electron chi connectivity index (χ3n) is 5.05. The lowest BCUT2D eigenvalue weighted by Crippen LogP contribution is -2.51. The molecule has 1 N–H and O–H groups in total. The van der Waals surface area contributed by atoms with E-state index in [-0.39, 0.29) is 11.4 Å². The molecule has 1 aliphatic carbocycles. The van der Waals surface area contributed by atoms with Crippen LogP contribution in [-0.2, 0) is 0 Å². The largest absolute Gasteiger partial charge is 0.386 e. The fourth-order valence-corrected chi connectivity index (χ4v) is 3.32. The van der Waals surface area contributed by atoms with E-state index >= 15 is 0 Å². The maximum Gasteiger partial charge on any atom is 0.126 e. The van der Waals surface area contributed by atoms with Gasteiger partial charge < -0.3 is 10.0 Å². The summed E-state index contributed by atoms with van der Waals surface area (Å²) in [5.74, 6) is 0.477. The second-order valence-electron chi connectivity index (χ2n) is 6.59. The second kappa shape index (κ2) is 5.82. The quantitative estimate of drug-likeness (QED) is 0.912. The zero-order chi connectivity index (χ0) is 14.9. The van der Waals surface area contributed by atoms with Crippen molar-refractivity contribution in [3.8, 4) is 0 Å². The molecule has 0 amide bonds. The fourth-order valence-electron chi connectivity index (χ4n) is 3.32. The van der Waals surface area contributed by atoms with Crippen LogP contribution >= 0.6 is 0 Å². The Hall–Kier alpha value is -0.930. The average molecular weight is 279 g/mol. The van der Waals surface area contributed by atoms with Gasteiger partial charge in [0.25, 0.3) is 0 Å². The molecule has 1 aliphatic rings. The van der Waals surface area contributed by atoms with E-state index in [0.29, 0.717) is 17.0 Å². The number of hydrogen-bond acceptors (Lipinski definition) is 2. The van der Waals surface area contributed by atoms with E-state index < -0.39 is 6.10 Å². The van der Waals surface area contributed by atoms with Crippen LogP contribution in [0, 0.1) is 18.7 Å². The number of aliphatic hydroxyl groups excluding tert-OH is 1. The number of hydrogen-bond donors (Lipinski definition) is 1. The molecular formula is C17H26FNO. The Morgan fingerprint density at radius 1 is 1.30 bits per heavy atom. The molecule has 1 atom stereocenters. The number of nitrogens with zero attached hydrogens (tertiary/aromatic N) is 1. The summed E-state index contributed by atoms with van der Waals surface area (Å²) in [5, 5.41) is 10.9. The molecule has 0 spiro atoms. The van der Waals surface area contributed by atoms with Crippen LogP contribution in [0.5, 0.6) is 0 Å². The standard InChI is InChI=1S/C17H26FNO/c1-12-7-9-17(10-8-12,19(3)4)16(20)14-6-5-13(2)15(18)11-14/h5-6,11-12,16,20H,7-10H2,1-4H3. The van der Waals surface area contributed by atoms with Crippen LogP contribution < -0.4 is 0 Å². The van der Waals surface area contributed by atoms with Gasteiger partial charge in [-0.05, 0) is 69.8 Å². The second-order valence-corrected chi connectivity index (χ2v) is 6.59. The summed E-state index contributed by atoms with van der Waals surface area (Å²) < 4.78 is 13.8. The summed E-state index contributed by atoms with van der Waals surface area (Å²) in [7, 11) is 4.04. The van der Waals surface area contributed by atoms with Gasteiger partial charge in [0.2, 0.25) is 0 Å². The monoisotopic (exact) mass is 279 g/mol. The predicted octanol–water partition coefficient (Wildman–Crippen LogP) is 3.68. The van der Waals surface area contributed by atoms with Crippen LogP contribution in [0.4, 0.5) is 4.39 Å². The molecule has 20 heavy (non-hydrogen) atoms. The van der Waals surface area contributed by atoms with Crippen molar-refractivity contribution in [2.24, 2.45) is 5.92 Å². The van der Waals surface area contributed by atoms with Crippen molar-refractivity contribution < 1.29 is 9.50 Å². The highest BCUT2D eigenvalue weighted by atomic mass is 19.1. The highest BCUT2D eigenvalue weighted by Gasteiger charge is 2.43. The molecule has 0 saturated heterocycles. The highest BCUT2D eigenvalue weighted by molar-refractivity contribution is 5.27. The van der Waals surface area contributed by atoms with E-state index in [0.717, 1.165) is 25.7 Å². The molecule has 2 nitrogen and oxygen atoms in total. The molecule has 112 valence electrons. The van der Waals surface area contributed by atoms with Crippen molar-refractivity contribution in [3.63, 3.8) is 0 Å². The van der Waals surface area contributed by atoms with Crippen LogP contribution in [0.3, 0.4) is 0 Å². The molecule has 0 heterocycles. The van der Waals surface area contributed by atoms with Crippen LogP contribution in [-0.4, -0.2) is 29.6 Å². The molecule has 1 saturated carbocycles. The number of aryl methyl sites for hydroxylation is 1. The molecular weight excluding hydrogens is 253 g/mol. The first-order valence-corrected chi connectivity index (χ1v) is 7.48. The summed E-state index contributed by atoms with van der Waals surface area (Å²) in [6.45, 7) is 4.01. The first kappa shape index (κ1) is 15.5. The summed E-state index contributed by atoms with van der Waals surface area (Å²) in [6, 6.07) is 5.10. The molecule has 0 aliphatic heterocycles. The number of benzene rings is 1.